The van der Waals surface area contributed by atoms with Crippen LogP contribution in [-0.2, 0) is 0 Å². The molecule has 0 aliphatic carbocycles. The van der Waals surface area contributed by atoms with Crippen molar-refractivity contribution in [2.45, 2.75) is 0 Å². The first-order valence-electron chi connectivity index (χ1n) is 10.4. The Kier molecular flexibility index (Phi) is 5.36. The Morgan fingerprint density at radius 2 is 1.62 bits per heavy atom. The fraction of sp³-hybridized carbons (Fsp3) is 0.208. The van der Waals surface area contributed by atoms with E-state index in [9.17, 15) is 8.78 Å². The smallest absolute Gasteiger partial charge is 0.160 e. The first-order chi connectivity index (χ1) is 15.6. The Labute approximate surface area is 184 Å². The molecule has 0 saturated carbocycles. The number of rotatable bonds is 4. The summed E-state index contributed by atoms with van der Waals surface area (Å²) in [6.07, 6.45) is 3.33. The predicted molar refractivity (Wildman–Crippen MR) is 122 cm³/mol. The van der Waals surface area contributed by atoms with Crippen molar-refractivity contribution in [3.05, 3.63) is 72.7 Å². The lowest BCUT2D eigenvalue weighted by molar-refractivity contribution is 0.312. The SMILES string of the molecule is CN1CCN(c2ccc(-c3ccc4c(Nc5ccc(F)c(F)c5)ncnc4c3)cn2)CC1. The van der Waals surface area contributed by atoms with Gasteiger partial charge in [0.15, 0.2) is 11.6 Å². The van der Waals surface area contributed by atoms with E-state index in [4.69, 9.17) is 0 Å². The highest BCUT2D eigenvalue weighted by Crippen LogP contribution is 2.29. The molecule has 162 valence electrons. The second-order valence-corrected chi connectivity index (χ2v) is 7.90. The summed E-state index contributed by atoms with van der Waals surface area (Å²) in [5.41, 5.74) is 3.15. The van der Waals surface area contributed by atoms with Gasteiger partial charge in [0.2, 0.25) is 0 Å². The van der Waals surface area contributed by atoms with E-state index in [-0.39, 0.29) is 0 Å². The molecule has 1 saturated heterocycles. The van der Waals surface area contributed by atoms with Gasteiger partial charge in [-0.3, -0.25) is 0 Å². The van der Waals surface area contributed by atoms with Crippen molar-refractivity contribution in [2.75, 3.05) is 43.4 Å². The molecular formula is C24H22F2N6. The van der Waals surface area contributed by atoms with E-state index in [1.54, 1.807) is 0 Å². The lowest BCUT2D eigenvalue weighted by Gasteiger charge is -2.33. The molecule has 0 radical (unpaired) electrons. The van der Waals surface area contributed by atoms with Gasteiger partial charge in [-0.1, -0.05) is 6.07 Å². The van der Waals surface area contributed by atoms with Crippen LogP contribution < -0.4 is 10.2 Å². The first kappa shape index (κ1) is 20.3. The minimum atomic E-state index is -0.914. The quantitative estimate of drug-likeness (QED) is 0.514. The number of benzene rings is 2. The van der Waals surface area contributed by atoms with Gasteiger partial charge >= 0.3 is 0 Å². The van der Waals surface area contributed by atoms with Crippen LogP contribution in [0.25, 0.3) is 22.0 Å². The summed E-state index contributed by atoms with van der Waals surface area (Å²) in [5.74, 6) is -0.290. The molecule has 0 atom stereocenters. The second-order valence-electron chi connectivity index (χ2n) is 7.90. The van der Waals surface area contributed by atoms with E-state index >= 15 is 0 Å². The number of nitrogens with one attached hydrogen (secondary N) is 1. The number of piperazine rings is 1. The van der Waals surface area contributed by atoms with Gasteiger partial charge in [0.05, 0.1) is 5.52 Å². The van der Waals surface area contributed by atoms with Crippen LogP contribution in [0.5, 0.6) is 0 Å². The molecule has 1 N–H and O–H groups in total. The summed E-state index contributed by atoms with van der Waals surface area (Å²) in [7, 11) is 2.13. The Morgan fingerprint density at radius 1 is 0.812 bits per heavy atom. The van der Waals surface area contributed by atoms with Gasteiger partial charge in [-0.05, 0) is 49.0 Å². The lowest BCUT2D eigenvalue weighted by Crippen LogP contribution is -2.44. The summed E-state index contributed by atoms with van der Waals surface area (Å²) in [6.45, 7) is 4.02. The standard InChI is InChI=1S/C24H22F2N6/c1-31-8-10-32(11-9-31)23-7-3-17(14-27-23)16-2-5-19-22(12-16)28-15-29-24(19)30-18-4-6-20(25)21(26)13-18/h2-7,12-15H,8-11H2,1H3,(H,28,29,30). The topological polar surface area (TPSA) is 57.2 Å². The third-order valence-electron chi connectivity index (χ3n) is 5.73. The van der Waals surface area contributed by atoms with Crippen LogP contribution in [0.1, 0.15) is 0 Å². The average molecular weight is 432 g/mol. The highest BCUT2D eigenvalue weighted by Gasteiger charge is 2.15. The summed E-state index contributed by atoms with van der Waals surface area (Å²) in [6, 6.07) is 13.7. The maximum absolute atomic E-state index is 13.5. The normalized spacial score (nSPS) is 14.7. The summed E-state index contributed by atoms with van der Waals surface area (Å²) < 4.78 is 26.7. The van der Waals surface area contributed by atoms with Gasteiger partial charge < -0.3 is 15.1 Å². The van der Waals surface area contributed by atoms with Crippen LogP contribution in [0.3, 0.4) is 0 Å². The molecule has 5 rings (SSSR count). The largest absolute Gasteiger partial charge is 0.354 e. The average Bonchev–Trinajstić information content (AvgIpc) is 2.82. The third-order valence-corrected chi connectivity index (χ3v) is 5.73. The molecule has 32 heavy (non-hydrogen) atoms. The molecule has 1 aliphatic rings. The molecule has 2 aromatic heterocycles. The second kappa shape index (κ2) is 8.47. The number of likely N-dealkylation sites (N-methyl/N-ethyl adjacent to an activating group) is 1. The van der Waals surface area contributed by atoms with Crippen molar-refractivity contribution in [2.24, 2.45) is 0 Å². The number of hydrogen-bond acceptors (Lipinski definition) is 6. The molecule has 1 fully saturated rings. The Morgan fingerprint density at radius 3 is 2.38 bits per heavy atom. The monoisotopic (exact) mass is 432 g/mol. The van der Waals surface area contributed by atoms with Gasteiger partial charge in [-0.2, -0.15) is 0 Å². The van der Waals surface area contributed by atoms with Crippen LogP contribution in [0.15, 0.2) is 61.1 Å². The van der Waals surface area contributed by atoms with Crippen LogP contribution in [0, 0.1) is 11.6 Å². The molecule has 0 spiro atoms. The molecule has 6 nitrogen and oxygen atoms in total. The van der Waals surface area contributed by atoms with Crippen molar-refractivity contribution < 1.29 is 8.78 Å². The predicted octanol–water partition coefficient (Wildman–Crippen LogP) is 4.47. The number of pyridine rings is 1. The number of nitrogens with zero attached hydrogens (tertiary/aromatic N) is 5. The minimum absolute atomic E-state index is 0.414. The van der Waals surface area contributed by atoms with Crippen molar-refractivity contribution in [3.8, 4) is 11.1 Å². The van der Waals surface area contributed by atoms with Crippen LogP contribution in [0.4, 0.5) is 26.1 Å². The molecule has 0 amide bonds. The van der Waals surface area contributed by atoms with E-state index in [0.29, 0.717) is 11.5 Å². The number of hydrogen-bond donors (Lipinski definition) is 1. The number of halogens is 2. The summed E-state index contributed by atoms with van der Waals surface area (Å²) >= 11 is 0. The number of fused-ring (bicyclic) bond motifs is 1. The van der Waals surface area contributed by atoms with E-state index in [0.717, 1.165) is 66.2 Å². The van der Waals surface area contributed by atoms with Crippen LogP contribution in [-0.4, -0.2) is 53.1 Å². The fourth-order valence-electron chi connectivity index (χ4n) is 3.83. The van der Waals surface area contributed by atoms with Crippen molar-refractivity contribution >= 4 is 28.2 Å². The molecular weight excluding hydrogens is 410 g/mol. The van der Waals surface area contributed by atoms with Gasteiger partial charge in [-0.25, -0.2) is 23.7 Å². The molecule has 8 heteroatoms. The van der Waals surface area contributed by atoms with Gasteiger partial charge in [0.25, 0.3) is 0 Å². The van der Waals surface area contributed by atoms with Crippen molar-refractivity contribution in [1.29, 1.82) is 0 Å². The Bertz CT molecular complexity index is 1250. The van der Waals surface area contributed by atoms with E-state index in [1.807, 2.05) is 24.4 Å². The molecule has 4 aromatic rings. The highest BCUT2D eigenvalue weighted by atomic mass is 19.2. The third kappa shape index (κ3) is 4.09. The van der Waals surface area contributed by atoms with Gasteiger partial charge in [0.1, 0.15) is 18.0 Å². The number of aromatic nitrogens is 3. The maximum Gasteiger partial charge on any atom is 0.160 e. The highest BCUT2D eigenvalue weighted by molar-refractivity contribution is 5.93. The van der Waals surface area contributed by atoms with Crippen molar-refractivity contribution in [1.82, 2.24) is 19.9 Å². The summed E-state index contributed by atoms with van der Waals surface area (Å²) in [4.78, 5) is 17.9. The fourth-order valence-corrected chi connectivity index (χ4v) is 3.83. The van der Waals surface area contributed by atoms with E-state index < -0.39 is 11.6 Å². The lowest BCUT2D eigenvalue weighted by atomic mass is 10.1. The Hall–Kier alpha value is -3.65. The van der Waals surface area contributed by atoms with E-state index in [2.05, 4.69) is 49.2 Å². The minimum Gasteiger partial charge on any atom is -0.354 e. The number of anilines is 3. The van der Waals surface area contributed by atoms with Gasteiger partial charge in [-0.15, -0.1) is 0 Å². The zero-order chi connectivity index (χ0) is 22.1. The zero-order valence-electron chi connectivity index (χ0n) is 17.6. The van der Waals surface area contributed by atoms with Crippen LogP contribution in [0.2, 0.25) is 0 Å². The molecule has 2 aromatic carbocycles. The van der Waals surface area contributed by atoms with Crippen molar-refractivity contribution in [3.63, 3.8) is 0 Å². The van der Waals surface area contributed by atoms with Gasteiger partial charge in [0, 0.05) is 55.1 Å². The van der Waals surface area contributed by atoms with E-state index in [1.165, 1.54) is 12.4 Å². The molecule has 3 heterocycles. The Balaban J connectivity index is 1.39. The molecule has 1 aliphatic heterocycles. The molecule has 0 bridgehead atoms. The van der Waals surface area contributed by atoms with Crippen LogP contribution >= 0.6 is 0 Å². The zero-order valence-corrected chi connectivity index (χ0v) is 17.6. The molecule has 0 unspecified atom stereocenters. The maximum atomic E-state index is 13.5. The first-order valence-corrected chi connectivity index (χ1v) is 10.4. The summed E-state index contributed by atoms with van der Waals surface area (Å²) in [5, 5.41) is 3.82.